The summed E-state index contributed by atoms with van der Waals surface area (Å²) in [5.74, 6) is 0.815. The molecule has 0 fully saturated rings. The molecule has 1 atom stereocenters. The van der Waals surface area contributed by atoms with Crippen molar-refractivity contribution in [2.75, 3.05) is 29.3 Å². The minimum Gasteiger partial charge on any atom is -0.769 e. The van der Waals surface area contributed by atoms with Crippen molar-refractivity contribution in [3.63, 3.8) is 0 Å². The van der Waals surface area contributed by atoms with Gasteiger partial charge in [-0.1, -0.05) is 44.2 Å². The number of methoxy groups -OCH3 is 1. The van der Waals surface area contributed by atoms with Crippen LogP contribution in [0.15, 0.2) is 54.6 Å². The molecule has 216 valence electrons. The standard InChI is InChI=1S/C27H31N4O9/c1-17(2)11-22-21-15-26(39-16-18-7-5-4-6-8-18)25(38-3)12-19(21)9-10-28(22)40-27-23(30(34)35)13-20(29(32)33)14-24(27)31(36)37/h4-8,12-15,17,22,34-36H,9-11,16H2,1-3H3/q-3/t22-/m1/s1. The first-order valence-electron chi connectivity index (χ1n) is 12.6. The Hall–Kier alpha value is -3.82. The lowest BCUT2D eigenvalue weighted by Gasteiger charge is -2.41. The Morgan fingerprint density at radius 3 is 2.27 bits per heavy atom. The lowest BCUT2D eigenvalue weighted by Crippen LogP contribution is -2.39. The molecule has 0 unspecified atom stereocenters. The molecule has 0 radical (unpaired) electrons. The molecule has 0 aliphatic carbocycles. The van der Waals surface area contributed by atoms with Crippen LogP contribution in [0, 0.1) is 21.5 Å². The second-order valence-electron chi connectivity index (χ2n) is 9.74. The molecule has 0 aromatic heterocycles. The summed E-state index contributed by atoms with van der Waals surface area (Å²) in [5.41, 5.74) is 0.921. The van der Waals surface area contributed by atoms with E-state index in [1.165, 1.54) is 0 Å². The Morgan fingerprint density at radius 1 is 0.975 bits per heavy atom. The summed E-state index contributed by atoms with van der Waals surface area (Å²) in [5, 5.41) is 63.6. The molecule has 0 bridgehead atoms. The van der Waals surface area contributed by atoms with Crippen LogP contribution in [-0.4, -0.2) is 34.3 Å². The highest BCUT2D eigenvalue weighted by molar-refractivity contribution is 5.78. The number of hydroxylamine groups is 2. The van der Waals surface area contributed by atoms with Gasteiger partial charge in [-0.3, -0.25) is 15.6 Å². The molecule has 13 heteroatoms. The van der Waals surface area contributed by atoms with Crippen LogP contribution in [0.25, 0.3) is 0 Å². The van der Waals surface area contributed by atoms with Crippen LogP contribution < -0.4 is 30.0 Å². The average Bonchev–Trinajstić information content (AvgIpc) is 2.92. The van der Waals surface area contributed by atoms with Crippen LogP contribution in [0.4, 0.5) is 17.1 Å². The SMILES string of the molecule is COc1cc2c(cc1OCc1ccccc1)[C@@H](CC(C)C)N(Oc1c(N([O-])O)cc(N([O-])[O-])cc1N(O)O)CC2. The van der Waals surface area contributed by atoms with Crippen molar-refractivity contribution in [2.45, 2.75) is 39.3 Å². The molecule has 0 amide bonds. The Balaban J connectivity index is 1.73. The van der Waals surface area contributed by atoms with Crippen molar-refractivity contribution in [3.8, 4) is 17.2 Å². The van der Waals surface area contributed by atoms with Crippen molar-refractivity contribution in [2.24, 2.45) is 5.92 Å². The molecular formula is C27H31N4O9-3. The van der Waals surface area contributed by atoms with E-state index in [1.54, 1.807) is 12.2 Å². The van der Waals surface area contributed by atoms with Crippen LogP contribution in [0.1, 0.15) is 43.0 Å². The number of hydrogen-bond acceptors (Lipinski definition) is 13. The predicted molar refractivity (Wildman–Crippen MR) is 146 cm³/mol. The van der Waals surface area contributed by atoms with Gasteiger partial charge in [0.1, 0.15) is 18.0 Å². The summed E-state index contributed by atoms with van der Waals surface area (Å²) >= 11 is 0. The van der Waals surface area contributed by atoms with Crippen molar-refractivity contribution < 1.29 is 29.9 Å². The van der Waals surface area contributed by atoms with Crippen LogP contribution in [-0.2, 0) is 13.0 Å². The normalized spacial score (nSPS) is 15.0. The average molecular weight is 556 g/mol. The number of fused-ring (bicyclic) bond motifs is 1. The minimum atomic E-state index is -0.840. The van der Waals surface area contributed by atoms with Crippen LogP contribution in [0.5, 0.6) is 17.2 Å². The minimum absolute atomic E-state index is 0.190. The molecule has 0 saturated heterocycles. The van der Waals surface area contributed by atoms with Gasteiger partial charge in [-0.2, -0.15) is 0 Å². The molecule has 1 aliphatic rings. The first-order valence-corrected chi connectivity index (χ1v) is 12.6. The largest absolute Gasteiger partial charge is 0.769 e. The zero-order valence-corrected chi connectivity index (χ0v) is 22.3. The topological polar surface area (TPSA) is 171 Å². The van der Waals surface area contributed by atoms with E-state index in [1.807, 2.05) is 56.3 Å². The molecular weight excluding hydrogens is 524 g/mol. The molecule has 1 aliphatic heterocycles. The Bertz CT molecular complexity index is 1260. The van der Waals surface area contributed by atoms with Gasteiger partial charge in [-0.05, 0) is 59.7 Å². The first-order chi connectivity index (χ1) is 19.1. The zero-order chi connectivity index (χ0) is 29.0. The van der Waals surface area contributed by atoms with Gasteiger partial charge in [-0.25, -0.2) is 0 Å². The molecule has 13 nitrogen and oxygen atoms in total. The Morgan fingerprint density at radius 2 is 1.68 bits per heavy atom. The third-order valence-electron chi connectivity index (χ3n) is 6.54. The monoisotopic (exact) mass is 555 g/mol. The quantitative estimate of drug-likeness (QED) is 0.261. The second kappa shape index (κ2) is 12.6. The van der Waals surface area contributed by atoms with E-state index in [2.05, 4.69) is 0 Å². The van der Waals surface area contributed by atoms with Crippen LogP contribution >= 0.6 is 0 Å². The fourth-order valence-electron chi connectivity index (χ4n) is 4.69. The summed E-state index contributed by atoms with van der Waals surface area (Å²) < 4.78 is 11.7. The van der Waals surface area contributed by atoms with Gasteiger partial charge in [-0.15, -0.1) is 10.3 Å². The number of rotatable bonds is 11. The Labute approximate surface area is 231 Å². The molecule has 4 rings (SSSR count). The van der Waals surface area contributed by atoms with E-state index < -0.39 is 44.5 Å². The molecule has 3 aromatic carbocycles. The maximum Gasteiger partial charge on any atom is 0.200 e. The highest BCUT2D eigenvalue weighted by Gasteiger charge is 2.33. The second-order valence-corrected chi connectivity index (χ2v) is 9.74. The molecule has 0 spiro atoms. The lowest BCUT2D eigenvalue weighted by atomic mass is 9.88. The van der Waals surface area contributed by atoms with Gasteiger partial charge in [0, 0.05) is 12.2 Å². The Kier molecular flexibility index (Phi) is 9.17. The van der Waals surface area contributed by atoms with E-state index >= 15 is 0 Å². The maximum atomic E-state index is 12.0. The van der Waals surface area contributed by atoms with Crippen molar-refractivity contribution in [3.05, 3.63) is 86.9 Å². The van der Waals surface area contributed by atoms with Crippen LogP contribution in [0.2, 0.25) is 0 Å². The summed E-state index contributed by atoms with van der Waals surface area (Å²) in [7, 11) is 1.57. The highest BCUT2D eigenvalue weighted by Crippen LogP contribution is 2.45. The third kappa shape index (κ3) is 6.48. The van der Waals surface area contributed by atoms with Gasteiger partial charge in [0.25, 0.3) is 0 Å². The summed E-state index contributed by atoms with van der Waals surface area (Å²) in [6, 6.07) is 14.7. The number of anilines is 3. The number of hydrogen-bond donors (Lipinski definition) is 3. The van der Waals surface area contributed by atoms with E-state index in [4.69, 9.17) is 14.3 Å². The van der Waals surface area contributed by atoms with Crippen molar-refractivity contribution >= 4 is 17.1 Å². The van der Waals surface area contributed by atoms with Crippen LogP contribution in [0.3, 0.4) is 0 Å². The van der Waals surface area contributed by atoms with Gasteiger partial charge < -0.3 is 40.4 Å². The van der Waals surface area contributed by atoms with Crippen molar-refractivity contribution in [1.29, 1.82) is 0 Å². The lowest BCUT2D eigenvalue weighted by molar-refractivity contribution is -0.109. The number of benzene rings is 3. The summed E-state index contributed by atoms with van der Waals surface area (Å²) in [6.45, 7) is 4.69. The highest BCUT2D eigenvalue weighted by atomic mass is 16.8. The number of ether oxygens (including phenoxy) is 2. The van der Waals surface area contributed by atoms with Gasteiger partial charge >= 0.3 is 0 Å². The van der Waals surface area contributed by atoms with Gasteiger partial charge in [0.05, 0.1) is 13.2 Å². The first kappa shape index (κ1) is 29.2. The third-order valence-corrected chi connectivity index (χ3v) is 6.54. The van der Waals surface area contributed by atoms with Gasteiger partial charge in [0.15, 0.2) is 11.5 Å². The zero-order valence-electron chi connectivity index (χ0n) is 22.3. The fraction of sp³-hybridized carbons (Fsp3) is 0.333. The predicted octanol–water partition coefficient (Wildman–Crippen LogP) is 5.29. The molecule has 0 saturated carbocycles. The fourth-order valence-corrected chi connectivity index (χ4v) is 4.69. The summed E-state index contributed by atoms with van der Waals surface area (Å²) in [6.07, 6.45) is 1.09. The molecule has 3 N–H and O–H groups in total. The van der Waals surface area contributed by atoms with E-state index in [-0.39, 0.29) is 5.92 Å². The van der Waals surface area contributed by atoms with Crippen molar-refractivity contribution in [1.82, 2.24) is 5.06 Å². The number of nitrogens with zero attached hydrogens (tertiary/aromatic N) is 4. The maximum absolute atomic E-state index is 12.0. The summed E-state index contributed by atoms with van der Waals surface area (Å²) in [4.78, 5) is 6.05. The molecule has 3 aromatic rings. The van der Waals surface area contributed by atoms with E-state index in [0.29, 0.717) is 37.5 Å². The van der Waals surface area contributed by atoms with E-state index in [9.17, 15) is 31.2 Å². The molecule has 1 heterocycles. The van der Waals surface area contributed by atoms with E-state index in [0.717, 1.165) is 28.8 Å². The smallest absolute Gasteiger partial charge is 0.200 e. The molecule has 40 heavy (non-hydrogen) atoms. The van der Waals surface area contributed by atoms with Gasteiger partial charge in [0.2, 0.25) is 5.75 Å².